The second-order valence-electron chi connectivity index (χ2n) is 7.00. The molecule has 0 aliphatic carbocycles. The van der Waals surface area contributed by atoms with Crippen LogP contribution < -0.4 is 20.7 Å². The monoisotopic (exact) mass is 442 g/mol. The Bertz CT molecular complexity index is 1250. The van der Waals surface area contributed by atoms with Crippen LogP contribution in [0.3, 0.4) is 0 Å². The molecule has 1 spiro atoms. The fourth-order valence-corrected chi connectivity index (χ4v) is 4.46. The molecule has 1 atom stereocenters. The molecule has 31 heavy (non-hydrogen) atoms. The van der Waals surface area contributed by atoms with Crippen LogP contribution >= 0.6 is 11.9 Å². The van der Waals surface area contributed by atoms with Gasteiger partial charge in [0.25, 0.3) is 11.8 Å². The number of para-hydroxylation sites is 1. The van der Waals surface area contributed by atoms with Gasteiger partial charge in [-0.25, -0.2) is 17.9 Å². The number of halogens is 3. The Morgan fingerprint density at radius 3 is 2.48 bits per heavy atom. The maximum Gasteiger partial charge on any atom is 0.270 e. The standard InChI is InChI=1S/C21H13F3N4O2S/c22-13-8-11(9-14(23)18(13)24)25-19(29)10-5-6-16-17(7-10)31-28-21(27-16)12-3-1-2-4-15(12)26-20(21)30/h1-9,27-28H,(H,25,29)(H,26,30)/t21-/m1/s1. The van der Waals surface area contributed by atoms with Gasteiger partial charge < -0.3 is 16.0 Å². The van der Waals surface area contributed by atoms with Crippen LogP contribution in [0.25, 0.3) is 0 Å². The maximum absolute atomic E-state index is 13.4. The largest absolute Gasteiger partial charge is 0.354 e. The lowest BCUT2D eigenvalue weighted by Crippen LogP contribution is -2.53. The van der Waals surface area contributed by atoms with Gasteiger partial charge in [0.2, 0.25) is 5.66 Å². The summed E-state index contributed by atoms with van der Waals surface area (Å²) in [7, 11) is 0. The van der Waals surface area contributed by atoms with Gasteiger partial charge in [0.15, 0.2) is 17.5 Å². The molecule has 0 bridgehead atoms. The molecule has 3 aromatic rings. The molecule has 3 aromatic carbocycles. The maximum atomic E-state index is 13.4. The first kappa shape index (κ1) is 19.5. The number of anilines is 3. The summed E-state index contributed by atoms with van der Waals surface area (Å²) in [6.45, 7) is 0. The lowest BCUT2D eigenvalue weighted by molar-refractivity contribution is -0.120. The average Bonchev–Trinajstić information content (AvgIpc) is 3.02. The molecule has 5 rings (SSSR count). The Labute approximate surface area is 178 Å². The first-order chi connectivity index (χ1) is 14.9. The highest BCUT2D eigenvalue weighted by molar-refractivity contribution is 7.97. The van der Waals surface area contributed by atoms with E-state index in [1.165, 1.54) is 18.0 Å². The number of benzene rings is 3. The van der Waals surface area contributed by atoms with E-state index in [0.717, 1.165) is 5.56 Å². The third-order valence-corrected chi connectivity index (χ3v) is 6.01. The Hall–Kier alpha value is -3.50. The zero-order chi connectivity index (χ0) is 21.8. The third kappa shape index (κ3) is 3.11. The quantitative estimate of drug-likeness (QED) is 0.354. The SMILES string of the molecule is O=C(Nc1cc(F)c(F)c(F)c1)c1ccc2c(c1)SN[C@@]1(N2)C(=O)Nc2ccccc21. The van der Waals surface area contributed by atoms with Crippen LogP contribution in [-0.4, -0.2) is 11.8 Å². The second-order valence-corrected chi connectivity index (χ2v) is 7.85. The molecule has 2 amide bonds. The van der Waals surface area contributed by atoms with Gasteiger partial charge in [-0.05, 0) is 36.2 Å². The molecule has 6 nitrogen and oxygen atoms in total. The molecule has 2 aliphatic heterocycles. The topological polar surface area (TPSA) is 82.3 Å². The molecule has 0 unspecified atom stereocenters. The number of hydrogen-bond donors (Lipinski definition) is 4. The number of fused-ring (bicyclic) bond motifs is 3. The average molecular weight is 442 g/mol. The van der Waals surface area contributed by atoms with E-state index in [4.69, 9.17) is 0 Å². The van der Waals surface area contributed by atoms with E-state index in [2.05, 4.69) is 20.7 Å². The molecule has 4 N–H and O–H groups in total. The number of amides is 2. The van der Waals surface area contributed by atoms with Gasteiger partial charge in [0.05, 0.1) is 5.69 Å². The van der Waals surface area contributed by atoms with Gasteiger partial charge in [-0.3, -0.25) is 9.59 Å². The van der Waals surface area contributed by atoms with Crippen LogP contribution in [0.2, 0.25) is 0 Å². The number of rotatable bonds is 2. The molecular formula is C21H13F3N4O2S. The first-order valence-corrected chi connectivity index (χ1v) is 9.92. The van der Waals surface area contributed by atoms with Crippen LogP contribution in [0.15, 0.2) is 59.5 Å². The number of nitrogens with one attached hydrogen (secondary N) is 4. The van der Waals surface area contributed by atoms with E-state index in [-0.39, 0.29) is 17.2 Å². The predicted octanol–water partition coefficient (Wildman–Crippen LogP) is 4.18. The lowest BCUT2D eigenvalue weighted by Gasteiger charge is -2.35. The summed E-state index contributed by atoms with van der Waals surface area (Å²) in [5, 5.41) is 8.37. The van der Waals surface area contributed by atoms with E-state index in [0.29, 0.717) is 28.4 Å². The number of carbonyl (C=O) groups is 2. The van der Waals surface area contributed by atoms with Crippen molar-refractivity contribution in [1.82, 2.24) is 4.72 Å². The van der Waals surface area contributed by atoms with Gasteiger partial charge in [-0.1, -0.05) is 18.2 Å². The molecule has 2 heterocycles. The molecule has 0 aromatic heterocycles. The first-order valence-electron chi connectivity index (χ1n) is 9.10. The van der Waals surface area contributed by atoms with Crippen molar-refractivity contribution in [1.29, 1.82) is 0 Å². The van der Waals surface area contributed by atoms with E-state index >= 15 is 0 Å². The summed E-state index contributed by atoms with van der Waals surface area (Å²) < 4.78 is 43.0. The van der Waals surface area contributed by atoms with E-state index < -0.39 is 29.0 Å². The fraction of sp³-hybridized carbons (Fsp3) is 0.0476. The predicted molar refractivity (Wildman–Crippen MR) is 110 cm³/mol. The molecule has 0 saturated carbocycles. The lowest BCUT2D eigenvalue weighted by atomic mass is 10.0. The van der Waals surface area contributed by atoms with Gasteiger partial charge in [0, 0.05) is 39.5 Å². The highest BCUT2D eigenvalue weighted by Crippen LogP contribution is 2.44. The molecule has 2 aliphatic rings. The van der Waals surface area contributed by atoms with Crippen molar-refractivity contribution >= 4 is 40.8 Å². The summed E-state index contributed by atoms with van der Waals surface area (Å²) in [6, 6.07) is 13.4. The van der Waals surface area contributed by atoms with Gasteiger partial charge in [0.1, 0.15) is 0 Å². The second kappa shape index (κ2) is 7.03. The van der Waals surface area contributed by atoms with Crippen molar-refractivity contribution < 1.29 is 22.8 Å². The summed E-state index contributed by atoms with van der Waals surface area (Å²) >= 11 is 1.17. The highest BCUT2D eigenvalue weighted by atomic mass is 32.2. The van der Waals surface area contributed by atoms with Crippen LogP contribution in [0.5, 0.6) is 0 Å². The molecule has 0 saturated heterocycles. The Kier molecular flexibility index (Phi) is 4.42. The van der Waals surface area contributed by atoms with Crippen molar-refractivity contribution in [2.45, 2.75) is 10.6 Å². The van der Waals surface area contributed by atoms with Crippen molar-refractivity contribution in [2.75, 3.05) is 16.0 Å². The minimum atomic E-state index is -1.60. The van der Waals surface area contributed by atoms with Crippen LogP contribution in [-0.2, 0) is 10.5 Å². The molecule has 10 heteroatoms. The molecule has 0 fully saturated rings. The Balaban J connectivity index is 1.41. The summed E-state index contributed by atoms with van der Waals surface area (Å²) in [4.78, 5) is 25.8. The van der Waals surface area contributed by atoms with Gasteiger partial charge >= 0.3 is 0 Å². The van der Waals surface area contributed by atoms with Crippen LogP contribution in [0.4, 0.5) is 30.2 Å². The van der Waals surface area contributed by atoms with Gasteiger partial charge in [-0.15, -0.1) is 0 Å². The minimum absolute atomic E-state index is 0.207. The third-order valence-electron chi connectivity index (χ3n) is 5.04. The summed E-state index contributed by atoms with van der Waals surface area (Å²) in [6.07, 6.45) is 0. The zero-order valence-electron chi connectivity index (χ0n) is 15.6. The minimum Gasteiger partial charge on any atom is -0.354 e. The van der Waals surface area contributed by atoms with Crippen molar-refractivity contribution in [3.8, 4) is 0 Å². The van der Waals surface area contributed by atoms with E-state index in [1.54, 1.807) is 18.2 Å². The fourth-order valence-electron chi connectivity index (χ4n) is 3.52. The molecule has 156 valence electrons. The van der Waals surface area contributed by atoms with E-state index in [9.17, 15) is 22.8 Å². The normalized spacial score (nSPS) is 18.7. The van der Waals surface area contributed by atoms with E-state index in [1.807, 2.05) is 18.2 Å². The van der Waals surface area contributed by atoms with Crippen molar-refractivity contribution in [3.05, 3.63) is 83.2 Å². The zero-order valence-corrected chi connectivity index (χ0v) is 16.4. The number of carbonyl (C=O) groups excluding carboxylic acids is 2. The molecular weight excluding hydrogens is 429 g/mol. The molecule has 0 radical (unpaired) electrons. The van der Waals surface area contributed by atoms with Crippen molar-refractivity contribution in [2.24, 2.45) is 0 Å². The number of hydrogen-bond acceptors (Lipinski definition) is 5. The van der Waals surface area contributed by atoms with Crippen LogP contribution in [0.1, 0.15) is 15.9 Å². The summed E-state index contributed by atoms with van der Waals surface area (Å²) in [5.41, 5.74) is 0.937. The Morgan fingerprint density at radius 1 is 0.968 bits per heavy atom. The Morgan fingerprint density at radius 2 is 1.71 bits per heavy atom. The van der Waals surface area contributed by atoms with Crippen molar-refractivity contribution in [3.63, 3.8) is 0 Å². The summed E-state index contributed by atoms with van der Waals surface area (Å²) in [5.74, 6) is -5.28. The smallest absolute Gasteiger partial charge is 0.270 e. The van der Waals surface area contributed by atoms with Crippen LogP contribution in [0, 0.1) is 17.5 Å². The highest BCUT2D eigenvalue weighted by Gasteiger charge is 2.49. The van der Waals surface area contributed by atoms with Gasteiger partial charge in [-0.2, -0.15) is 0 Å².